The Bertz CT molecular complexity index is 990. The molecule has 0 bridgehead atoms. The molecule has 144 valence electrons. The summed E-state index contributed by atoms with van der Waals surface area (Å²) in [5.74, 6) is 0.148. The van der Waals surface area contributed by atoms with E-state index in [2.05, 4.69) is 22.6 Å². The van der Waals surface area contributed by atoms with Crippen molar-refractivity contribution < 1.29 is 19.1 Å². The van der Waals surface area contributed by atoms with Crippen LogP contribution in [-0.2, 0) is 4.79 Å². The van der Waals surface area contributed by atoms with Crippen molar-refractivity contribution in [2.45, 2.75) is 6.92 Å². The lowest BCUT2D eigenvalue weighted by Crippen LogP contribution is -2.27. The van der Waals surface area contributed by atoms with E-state index in [4.69, 9.17) is 21.7 Å². The number of benzene rings is 2. The average molecular weight is 525 g/mol. The minimum atomic E-state index is -0.458. The summed E-state index contributed by atoms with van der Waals surface area (Å²) in [6.07, 6.45) is 1.75. The van der Waals surface area contributed by atoms with Crippen LogP contribution in [0.5, 0.6) is 11.5 Å². The standard InChI is InChI=1S/C20H16INO4S2/c1-3-22-18(23)17(28-20(22)27)11-12-8-9-15(16(10-12)25-2)26-19(24)13-6-4-5-7-14(13)21/h4-11H,3H2,1-2H3/b17-11-. The number of carbonyl (C=O) groups excluding carboxylic acids is 2. The Kier molecular flexibility index (Phi) is 6.73. The summed E-state index contributed by atoms with van der Waals surface area (Å²) in [5.41, 5.74) is 1.24. The molecule has 0 atom stereocenters. The van der Waals surface area contributed by atoms with Gasteiger partial charge < -0.3 is 9.47 Å². The average Bonchev–Trinajstić information content (AvgIpc) is 2.95. The van der Waals surface area contributed by atoms with E-state index in [1.807, 2.05) is 19.1 Å². The van der Waals surface area contributed by atoms with Gasteiger partial charge in [-0.05, 0) is 65.4 Å². The van der Waals surface area contributed by atoms with E-state index in [9.17, 15) is 9.59 Å². The number of rotatable bonds is 5. The number of esters is 1. The summed E-state index contributed by atoms with van der Waals surface area (Å²) >= 11 is 8.59. The lowest BCUT2D eigenvalue weighted by molar-refractivity contribution is -0.121. The zero-order valence-corrected chi connectivity index (χ0v) is 18.9. The van der Waals surface area contributed by atoms with Gasteiger partial charge in [0.15, 0.2) is 11.5 Å². The van der Waals surface area contributed by atoms with E-state index in [-0.39, 0.29) is 5.91 Å². The number of hydrogen-bond acceptors (Lipinski definition) is 6. The fourth-order valence-corrected chi connectivity index (χ4v) is 4.56. The molecule has 28 heavy (non-hydrogen) atoms. The van der Waals surface area contributed by atoms with Crippen molar-refractivity contribution in [3.8, 4) is 11.5 Å². The maximum absolute atomic E-state index is 12.5. The lowest BCUT2D eigenvalue weighted by atomic mass is 10.1. The van der Waals surface area contributed by atoms with Crippen LogP contribution in [0.25, 0.3) is 6.08 Å². The molecule has 2 aromatic carbocycles. The largest absolute Gasteiger partial charge is 0.493 e. The smallest absolute Gasteiger partial charge is 0.344 e. The second-order valence-electron chi connectivity index (χ2n) is 5.71. The molecule has 1 fully saturated rings. The quantitative estimate of drug-likeness (QED) is 0.185. The highest BCUT2D eigenvalue weighted by Gasteiger charge is 2.30. The van der Waals surface area contributed by atoms with Gasteiger partial charge in [-0.2, -0.15) is 0 Å². The molecule has 2 aromatic rings. The second kappa shape index (κ2) is 9.06. The molecule has 0 spiro atoms. The number of thioether (sulfide) groups is 1. The Morgan fingerprint density at radius 1 is 1.25 bits per heavy atom. The number of nitrogens with zero attached hydrogens (tertiary/aromatic N) is 1. The zero-order chi connectivity index (χ0) is 20.3. The number of carbonyl (C=O) groups is 2. The van der Waals surface area contributed by atoms with Crippen LogP contribution in [0.1, 0.15) is 22.8 Å². The first-order chi connectivity index (χ1) is 13.4. The van der Waals surface area contributed by atoms with Crippen molar-refractivity contribution >= 4 is 68.8 Å². The number of halogens is 1. The van der Waals surface area contributed by atoms with Crippen LogP contribution >= 0.6 is 46.6 Å². The van der Waals surface area contributed by atoms with Gasteiger partial charge >= 0.3 is 5.97 Å². The van der Waals surface area contributed by atoms with Gasteiger partial charge in [0.2, 0.25) is 0 Å². The van der Waals surface area contributed by atoms with E-state index in [1.165, 1.54) is 18.9 Å². The minimum absolute atomic E-state index is 0.106. The van der Waals surface area contributed by atoms with Crippen molar-refractivity contribution in [3.05, 3.63) is 62.1 Å². The van der Waals surface area contributed by atoms with Gasteiger partial charge in [-0.1, -0.05) is 42.2 Å². The van der Waals surface area contributed by atoms with E-state index in [0.717, 1.165) is 9.13 Å². The number of hydrogen-bond donors (Lipinski definition) is 0. The third kappa shape index (κ3) is 4.39. The van der Waals surface area contributed by atoms with Crippen LogP contribution < -0.4 is 9.47 Å². The first-order valence-electron chi connectivity index (χ1n) is 8.34. The van der Waals surface area contributed by atoms with Crippen molar-refractivity contribution in [1.29, 1.82) is 0 Å². The Hall–Kier alpha value is -1.91. The highest BCUT2D eigenvalue weighted by molar-refractivity contribution is 14.1. The predicted octanol–water partition coefficient (Wildman–Crippen LogP) is 4.74. The first kappa shape index (κ1) is 20.8. The maximum atomic E-state index is 12.5. The second-order valence-corrected chi connectivity index (χ2v) is 8.54. The molecule has 0 aromatic heterocycles. The van der Waals surface area contributed by atoms with Crippen LogP contribution in [0.2, 0.25) is 0 Å². The molecule has 0 saturated carbocycles. The summed E-state index contributed by atoms with van der Waals surface area (Å²) in [6.45, 7) is 2.42. The number of methoxy groups -OCH3 is 1. The molecule has 1 aliphatic rings. The van der Waals surface area contributed by atoms with Crippen LogP contribution in [0.15, 0.2) is 47.4 Å². The summed E-state index contributed by atoms with van der Waals surface area (Å²) < 4.78 is 12.2. The monoisotopic (exact) mass is 525 g/mol. The normalized spacial score (nSPS) is 15.2. The van der Waals surface area contributed by atoms with Crippen molar-refractivity contribution in [2.75, 3.05) is 13.7 Å². The molecule has 1 saturated heterocycles. The molecule has 1 heterocycles. The molecule has 1 aliphatic heterocycles. The molecule has 0 aliphatic carbocycles. The Morgan fingerprint density at radius 3 is 2.64 bits per heavy atom. The third-order valence-electron chi connectivity index (χ3n) is 3.97. The molecule has 1 amide bonds. The molecule has 5 nitrogen and oxygen atoms in total. The van der Waals surface area contributed by atoms with Gasteiger partial charge in [0.1, 0.15) is 4.32 Å². The Labute approximate surface area is 186 Å². The first-order valence-corrected chi connectivity index (χ1v) is 10.6. The lowest BCUT2D eigenvalue weighted by Gasteiger charge is -2.11. The highest BCUT2D eigenvalue weighted by Crippen LogP contribution is 2.35. The van der Waals surface area contributed by atoms with E-state index >= 15 is 0 Å². The Balaban J connectivity index is 1.84. The van der Waals surface area contributed by atoms with E-state index in [1.54, 1.807) is 41.3 Å². The fraction of sp³-hybridized carbons (Fsp3) is 0.150. The zero-order valence-electron chi connectivity index (χ0n) is 15.1. The Morgan fingerprint density at radius 2 is 2.00 bits per heavy atom. The molecular formula is C20H16INO4S2. The molecule has 0 unspecified atom stereocenters. The topological polar surface area (TPSA) is 55.8 Å². The molecule has 8 heteroatoms. The van der Waals surface area contributed by atoms with E-state index in [0.29, 0.717) is 32.8 Å². The fourth-order valence-electron chi connectivity index (χ4n) is 2.56. The van der Waals surface area contributed by atoms with Crippen LogP contribution in [-0.4, -0.2) is 34.8 Å². The number of likely N-dealkylation sites (N-methyl/N-ethyl adjacent to an activating group) is 1. The van der Waals surface area contributed by atoms with Crippen molar-refractivity contribution in [1.82, 2.24) is 4.90 Å². The van der Waals surface area contributed by atoms with Gasteiger partial charge in [0.25, 0.3) is 5.91 Å². The van der Waals surface area contributed by atoms with Crippen molar-refractivity contribution in [2.24, 2.45) is 0 Å². The third-order valence-corrected chi connectivity index (χ3v) is 6.29. The number of amides is 1. The predicted molar refractivity (Wildman–Crippen MR) is 123 cm³/mol. The van der Waals surface area contributed by atoms with E-state index < -0.39 is 5.97 Å². The summed E-state index contributed by atoms with van der Waals surface area (Å²) in [6, 6.07) is 12.3. The maximum Gasteiger partial charge on any atom is 0.344 e. The molecule has 0 radical (unpaired) electrons. The van der Waals surface area contributed by atoms with Crippen molar-refractivity contribution in [3.63, 3.8) is 0 Å². The molecule has 0 N–H and O–H groups in total. The van der Waals surface area contributed by atoms with Gasteiger partial charge in [0.05, 0.1) is 17.6 Å². The van der Waals surface area contributed by atoms with Gasteiger partial charge in [0, 0.05) is 10.1 Å². The van der Waals surface area contributed by atoms with Crippen LogP contribution in [0.3, 0.4) is 0 Å². The summed E-state index contributed by atoms with van der Waals surface area (Å²) in [4.78, 5) is 26.9. The van der Waals surface area contributed by atoms with Crippen LogP contribution in [0.4, 0.5) is 0 Å². The minimum Gasteiger partial charge on any atom is -0.493 e. The number of ether oxygens (including phenoxy) is 2. The SMILES string of the molecule is CCN1C(=O)/C(=C/c2ccc(OC(=O)c3ccccc3I)c(OC)c2)SC1=S. The van der Waals surface area contributed by atoms with Gasteiger partial charge in [-0.15, -0.1) is 0 Å². The number of thiocarbonyl (C=S) groups is 1. The molecular weight excluding hydrogens is 509 g/mol. The van der Waals surface area contributed by atoms with Gasteiger partial charge in [-0.25, -0.2) is 4.79 Å². The van der Waals surface area contributed by atoms with Gasteiger partial charge in [-0.3, -0.25) is 9.69 Å². The molecule has 3 rings (SSSR count). The summed E-state index contributed by atoms with van der Waals surface area (Å²) in [5, 5.41) is 0. The highest BCUT2D eigenvalue weighted by atomic mass is 127. The summed E-state index contributed by atoms with van der Waals surface area (Å²) in [7, 11) is 1.50. The van der Waals surface area contributed by atoms with Crippen LogP contribution in [0, 0.1) is 3.57 Å².